The van der Waals surface area contributed by atoms with Gasteiger partial charge in [0.05, 0.1) is 0 Å². The summed E-state index contributed by atoms with van der Waals surface area (Å²) in [6.07, 6.45) is 14.4. The van der Waals surface area contributed by atoms with Gasteiger partial charge < -0.3 is 20.0 Å². The van der Waals surface area contributed by atoms with E-state index in [1.165, 1.54) is 29.7 Å². The molecule has 2 aromatic rings. The Morgan fingerprint density at radius 2 is 1.75 bits per heavy atom. The van der Waals surface area contributed by atoms with E-state index in [-0.39, 0.29) is 0 Å². The number of piperazine rings is 1. The SMILES string of the molecule is CC1=CC=CC(C2CC2)C1CN1c2nc(Nc3ccc(N4CCN(C)CC4)cc3)ccc2C=CC1C. The predicted molar refractivity (Wildman–Crippen MR) is 152 cm³/mol. The smallest absolute Gasteiger partial charge is 0.138 e. The van der Waals surface area contributed by atoms with E-state index in [9.17, 15) is 0 Å². The number of nitrogens with one attached hydrogen (secondary N) is 1. The van der Waals surface area contributed by atoms with Gasteiger partial charge in [-0.05, 0) is 82.0 Å². The Hall–Kier alpha value is -3.05. The molecule has 1 saturated heterocycles. The van der Waals surface area contributed by atoms with Crippen LogP contribution in [0.25, 0.3) is 6.08 Å². The highest BCUT2D eigenvalue weighted by Crippen LogP contribution is 2.45. The van der Waals surface area contributed by atoms with E-state index in [1.54, 1.807) is 0 Å². The van der Waals surface area contributed by atoms with Gasteiger partial charge in [0.15, 0.2) is 0 Å². The lowest BCUT2D eigenvalue weighted by molar-refractivity contribution is 0.313. The Bertz CT molecular complexity index is 1170. The Labute approximate surface area is 216 Å². The Morgan fingerprint density at radius 3 is 2.50 bits per heavy atom. The molecule has 0 spiro atoms. The lowest BCUT2D eigenvalue weighted by Crippen LogP contribution is -2.44. The Balaban J connectivity index is 1.19. The van der Waals surface area contributed by atoms with Crippen LogP contribution in [0.1, 0.15) is 32.3 Å². The number of hydrogen-bond acceptors (Lipinski definition) is 5. The maximum Gasteiger partial charge on any atom is 0.138 e. The summed E-state index contributed by atoms with van der Waals surface area (Å²) in [7, 11) is 2.20. The molecule has 1 N–H and O–H groups in total. The van der Waals surface area contributed by atoms with Crippen molar-refractivity contribution in [2.75, 3.05) is 54.9 Å². The standard InChI is InChI=1S/C31H39N5/c1-22-5-4-6-28(24-9-10-24)29(22)21-36-23(2)7-8-25-11-16-30(33-31(25)36)32-26-12-14-27(15-13-26)35-19-17-34(3)18-20-35/h4-8,11-16,23-24,28-29H,9-10,17-21H2,1-3H3,(H,32,33). The van der Waals surface area contributed by atoms with Crippen LogP contribution >= 0.6 is 0 Å². The van der Waals surface area contributed by atoms with Crippen molar-refractivity contribution >= 4 is 29.1 Å². The van der Waals surface area contributed by atoms with Crippen LogP contribution in [0, 0.1) is 17.8 Å². The van der Waals surface area contributed by atoms with Gasteiger partial charge in [-0.15, -0.1) is 0 Å². The first-order valence-electron chi connectivity index (χ1n) is 13.7. The van der Waals surface area contributed by atoms with Crippen molar-refractivity contribution in [1.82, 2.24) is 9.88 Å². The number of rotatable bonds is 6. The molecule has 36 heavy (non-hydrogen) atoms. The number of hydrogen-bond donors (Lipinski definition) is 1. The third-order valence-corrected chi connectivity index (χ3v) is 8.53. The fourth-order valence-electron chi connectivity index (χ4n) is 5.99. The fraction of sp³-hybridized carbons (Fsp3) is 0.452. The van der Waals surface area contributed by atoms with Crippen molar-refractivity contribution < 1.29 is 0 Å². The van der Waals surface area contributed by atoms with Crippen LogP contribution in [0.15, 0.2) is 66.3 Å². The normalized spacial score (nSPS) is 26.1. The monoisotopic (exact) mass is 481 g/mol. The lowest BCUT2D eigenvalue weighted by atomic mass is 9.79. The molecular weight excluding hydrogens is 442 g/mol. The molecule has 6 rings (SSSR count). The highest BCUT2D eigenvalue weighted by atomic mass is 15.3. The zero-order chi connectivity index (χ0) is 24.6. The molecule has 0 radical (unpaired) electrons. The summed E-state index contributed by atoms with van der Waals surface area (Å²) in [4.78, 5) is 12.5. The molecule has 5 nitrogen and oxygen atoms in total. The molecule has 1 saturated carbocycles. The minimum atomic E-state index is 0.335. The lowest BCUT2D eigenvalue weighted by Gasteiger charge is -2.39. The second kappa shape index (κ2) is 9.78. The van der Waals surface area contributed by atoms with Crippen molar-refractivity contribution in [3.05, 3.63) is 71.8 Å². The molecule has 2 aliphatic heterocycles. The minimum absolute atomic E-state index is 0.335. The van der Waals surface area contributed by atoms with Crippen LogP contribution in [0.3, 0.4) is 0 Å². The number of nitrogens with zero attached hydrogens (tertiary/aromatic N) is 4. The number of benzene rings is 1. The molecule has 3 heterocycles. The second-order valence-electron chi connectivity index (χ2n) is 11.1. The molecule has 1 aromatic heterocycles. The highest BCUT2D eigenvalue weighted by Gasteiger charge is 2.38. The molecule has 2 aliphatic carbocycles. The number of fused-ring (bicyclic) bond motifs is 1. The molecule has 1 aromatic carbocycles. The first kappa shape index (κ1) is 23.4. The van der Waals surface area contributed by atoms with Crippen LogP contribution in [-0.2, 0) is 0 Å². The van der Waals surface area contributed by atoms with Crippen LogP contribution < -0.4 is 15.1 Å². The zero-order valence-corrected chi connectivity index (χ0v) is 21.9. The van der Waals surface area contributed by atoms with E-state index in [4.69, 9.17) is 4.98 Å². The van der Waals surface area contributed by atoms with E-state index >= 15 is 0 Å². The molecule has 3 atom stereocenters. The summed E-state index contributed by atoms with van der Waals surface area (Å²) in [5, 5.41) is 3.56. The van der Waals surface area contributed by atoms with Gasteiger partial charge >= 0.3 is 0 Å². The first-order chi connectivity index (χ1) is 17.5. The van der Waals surface area contributed by atoms with Crippen molar-refractivity contribution in [2.45, 2.75) is 32.7 Å². The maximum absolute atomic E-state index is 5.15. The Kier molecular flexibility index (Phi) is 6.34. The fourth-order valence-corrected chi connectivity index (χ4v) is 5.99. The van der Waals surface area contributed by atoms with Gasteiger partial charge in [-0.25, -0.2) is 4.98 Å². The number of pyridine rings is 1. The van der Waals surface area contributed by atoms with Crippen LogP contribution in [0.5, 0.6) is 0 Å². The van der Waals surface area contributed by atoms with E-state index < -0.39 is 0 Å². The first-order valence-corrected chi connectivity index (χ1v) is 13.7. The van der Waals surface area contributed by atoms with E-state index in [0.717, 1.165) is 56.0 Å². The van der Waals surface area contributed by atoms with Crippen LogP contribution in [0.4, 0.5) is 23.0 Å². The van der Waals surface area contributed by atoms with Gasteiger partial charge in [-0.3, -0.25) is 0 Å². The molecule has 3 unspecified atom stereocenters. The second-order valence-corrected chi connectivity index (χ2v) is 11.1. The van der Waals surface area contributed by atoms with Crippen LogP contribution in [0.2, 0.25) is 0 Å². The highest BCUT2D eigenvalue weighted by molar-refractivity contribution is 5.72. The maximum atomic E-state index is 5.15. The summed E-state index contributed by atoms with van der Waals surface area (Å²) in [6, 6.07) is 13.5. The van der Waals surface area contributed by atoms with Crippen LogP contribution in [-0.4, -0.2) is 55.7 Å². The molecular formula is C31H39N5. The summed E-state index contributed by atoms with van der Waals surface area (Å²) in [5.74, 6) is 4.09. The topological polar surface area (TPSA) is 34.6 Å². The quantitative estimate of drug-likeness (QED) is 0.551. The van der Waals surface area contributed by atoms with Gasteiger partial charge in [0.25, 0.3) is 0 Å². The average molecular weight is 482 g/mol. The number of anilines is 4. The average Bonchev–Trinajstić information content (AvgIpc) is 3.73. The summed E-state index contributed by atoms with van der Waals surface area (Å²) in [5.41, 5.74) is 5.09. The summed E-state index contributed by atoms with van der Waals surface area (Å²) in [6.45, 7) is 10.0. The van der Waals surface area contributed by atoms with Gasteiger partial charge in [0.1, 0.15) is 11.6 Å². The Morgan fingerprint density at radius 1 is 0.972 bits per heavy atom. The predicted octanol–water partition coefficient (Wildman–Crippen LogP) is 5.96. The van der Waals surface area contributed by atoms with Gasteiger partial charge in [0.2, 0.25) is 0 Å². The number of aromatic nitrogens is 1. The molecule has 0 amide bonds. The van der Waals surface area contributed by atoms with Crippen molar-refractivity contribution in [3.8, 4) is 0 Å². The van der Waals surface area contributed by atoms with Gasteiger partial charge in [-0.2, -0.15) is 0 Å². The zero-order valence-electron chi connectivity index (χ0n) is 21.9. The summed E-state index contributed by atoms with van der Waals surface area (Å²) >= 11 is 0. The minimum Gasteiger partial charge on any atom is -0.369 e. The van der Waals surface area contributed by atoms with E-state index in [0.29, 0.717) is 17.9 Å². The molecule has 188 valence electrons. The molecule has 0 bridgehead atoms. The van der Waals surface area contributed by atoms with Gasteiger partial charge in [0, 0.05) is 61.6 Å². The van der Waals surface area contributed by atoms with Crippen molar-refractivity contribution in [3.63, 3.8) is 0 Å². The largest absolute Gasteiger partial charge is 0.369 e. The summed E-state index contributed by atoms with van der Waals surface area (Å²) < 4.78 is 0. The van der Waals surface area contributed by atoms with Crippen molar-refractivity contribution in [1.29, 1.82) is 0 Å². The van der Waals surface area contributed by atoms with E-state index in [1.807, 2.05) is 0 Å². The molecule has 5 heteroatoms. The molecule has 2 fully saturated rings. The number of likely N-dealkylation sites (N-methyl/N-ethyl adjacent to an activating group) is 1. The number of allylic oxidation sites excluding steroid dienone is 3. The third kappa shape index (κ3) is 4.81. The van der Waals surface area contributed by atoms with Crippen molar-refractivity contribution in [2.24, 2.45) is 17.8 Å². The molecule has 4 aliphatic rings. The van der Waals surface area contributed by atoms with E-state index in [2.05, 4.69) is 108 Å². The third-order valence-electron chi connectivity index (χ3n) is 8.53. The van der Waals surface area contributed by atoms with Gasteiger partial charge in [-0.1, -0.05) is 36.0 Å².